The highest BCUT2D eigenvalue weighted by molar-refractivity contribution is 5.91. The maximum atomic E-state index is 14.8. The van der Waals surface area contributed by atoms with Crippen molar-refractivity contribution in [1.29, 1.82) is 0 Å². The lowest BCUT2D eigenvalue weighted by Crippen LogP contribution is -2.32. The Labute approximate surface area is 207 Å². The largest absolute Gasteiger partial charge is 0.494 e. The molecule has 1 saturated heterocycles. The molecule has 2 N–H and O–H groups in total. The van der Waals surface area contributed by atoms with E-state index in [9.17, 15) is 8.78 Å². The topological polar surface area (TPSA) is 91.3 Å². The van der Waals surface area contributed by atoms with Crippen molar-refractivity contribution in [3.05, 3.63) is 65.4 Å². The molecular formula is C26H28F2N6O2. The zero-order valence-electron chi connectivity index (χ0n) is 20.2. The summed E-state index contributed by atoms with van der Waals surface area (Å²) in [6.07, 6.45) is 3.57. The van der Waals surface area contributed by atoms with Gasteiger partial charge in [-0.1, -0.05) is 18.2 Å². The van der Waals surface area contributed by atoms with Crippen LogP contribution in [0, 0.1) is 11.6 Å². The van der Waals surface area contributed by atoms with E-state index in [1.807, 2.05) is 29.3 Å². The number of nitrogen functional groups attached to an aromatic ring is 1. The van der Waals surface area contributed by atoms with Crippen LogP contribution in [0.4, 0.5) is 14.6 Å². The molecule has 188 valence electrons. The number of halogens is 2. The second kappa shape index (κ2) is 10.2. The van der Waals surface area contributed by atoms with Gasteiger partial charge in [-0.3, -0.25) is 4.68 Å². The third-order valence-electron chi connectivity index (χ3n) is 6.60. The van der Waals surface area contributed by atoms with Crippen LogP contribution in [0.15, 0.2) is 42.6 Å². The molecule has 8 nitrogen and oxygen atoms in total. The number of ether oxygens (including phenoxy) is 1. The summed E-state index contributed by atoms with van der Waals surface area (Å²) in [6, 6.07) is 9.82. The molecule has 0 unspecified atom stereocenters. The van der Waals surface area contributed by atoms with Crippen LogP contribution in [0.1, 0.15) is 36.8 Å². The van der Waals surface area contributed by atoms with Crippen LogP contribution in [0.5, 0.6) is 5.75 Å². The number of nitrogens with two attached hydrogens (primary N) is 1. The van der Waals surface area contributed by atoms with Crippen LogP contribution in [-0.2, 0) is 11.4 Å². The minimum Gasteiger partial charge on any atom is -0.494 e. The highest BCUT2D eigenvalue weighted by atomic mass is 19.1. The minimum absolute atomic E-state index is 0.101. The minimum atomic E-state index is -0.691. The Kier molecular flexibility index (Phi) is 6.80. The highest BCUT2D eigenvalue weighted by Gasteiger charge is 2.24. The molecule has 2 aromatic carbocycles. The van der Waals surface area contributed by atoms with Crippen LogP contribution in [0.25, 0.3) is 22.4 Å². The van der Waals surface area contributed by atoms with Crippen LogP contribution in [0.2, 0.25) is 0 Å². The summed E-state index contributed by atoms with van der Waals surface area (Å²) in [5.74, 6) is -0.191. The predicted molar refractivity (Wildman–Crippen MR) is 132 cm³/mol. The molecule has 3 heterocycles. The molecule has 0 saturated carbocycles. The molecule has 0 aliphatic carbocycles. The third kappa shape index (κ3) is 4.61. The highest BCUT2D eigenvalue weighted by Crippen LogP contribution is 2.33. The van der Waals surface area contributed by atoms with Gasteiger partial charge in [0, 0.05) is 47.9 Å². The summed E-state index contributed by atoms with van der Waals surface area (Å²) in [4.78, 5) is 14.5. The van der Waals surface area contributed by atoms with E-state index in [0.717, 1.165) is 36.9 Å². The first kappa shape index (κ1) is 24.1. The predicted octanol–water partition coefficient (Wildman–Crippen LogP) is 4.54. The summed E-state index contributed by atoms with van der Waals surface area (Å²) in [5, 5.41) is 7.34. The van der Waals surface area contributed by atoms with Gasteiger partial charge in [0.2, 0.25) is 0 Å². The fraction of sp³-hybridized carbons (Fsp3) is 0.346. The molecule has 0 amide bonds. The molecule has 1 aliphatic heterocycles. The van der Waals surface area contributed by atoms with E-state index < -0.39 is 11.6 Å². The zero-order valence-corrected chi connectivity index (χ0v) is 20.2. The molecule has 0 radical (unpaired) electrons. The maximum absolute atomic E-state index is 14.8. The second-order valence-electron chi connectivity index (χ2n) is 8.74. The van der Waals surface area contributed by atoms with E-state index in [2.05, 4.69) is 15.1 Å². The summed E-state index contributed by atoms with van der Waals surface area (Å²) in [6.45, 7) is 3.61. The normalized spacial score (nSPS) is 15.0. The third-order valence-corrected chi connectivity index (χ3v) is 6.60. The smallest absolute Gasteiger partial charge is 0.182 e. The average molecular weight is 495 g/mol. The first-order chi connectivity index (χ1) is 17.5. The summed E-state index contributed by atoms with van der Waals surface area (Å²) in [7, 11) is 1.68. The van der Waals surface area contributed by atoms with Crippen molar-refractivity contribution in [1.82, 2.24) is 24.8 Å². The van der Waals surface area contributed by atoms with Gasteiger partial charge in [-0.05, 0) is 31.7 Å². The molecule has 36 heavy (non-hydrogen) atoms. The quantitative estimate of drug-likeness (QED) is 0.403. The Bertz CT molecular complexity index is 1360. The van der Waals surface area contributed by atoms with Crippen LogP contribution in [-0.4, -0.2) is 51.6 Å². The first-order valence-electron chi connectivity index (χ1n) is 12.0. The van der Waals surface area contributed by atoms with Crippen molar-refractivity contribution in [3.8, 4) is 17.3 Å². The number of hydrogen-bond acceptors (Lipinski definition) is 7. The molecule has 4 aromatic rings. The van der Waals surface area contributed by atoms with Gasteiger partial charge in [0.25, 0.3) is 0 Å². The Morgan fingerprint density at radius 2 is 1.83 bits per heavy atom. The molecule has 5 rings (SSSR count). The van der Waals surface area contributed by atoms with Crippen molar-refractivity contribution >= 4 is 16.7 Å². The van der Waals surface area contributed by atoms with Crippen LogP contribution in [0.3, 0.4) is 0 Å². The van der Waals surface area contributed by atoms with Gasteiger partial charge in [0.1, 0.15) is 28.9 Å². The summed E-state index contributed by atoms with van der Waals surface area (Å²) < 4.78 is 36.3. The Morgan fingerprint density at radius 3 is 2.50 bits per heavy atom. The number of piperidine rings is 1. The lowest BCUT2D eigenvalue weighted by atomic mass is 9.91. The van der Waals surface area contributed by atoms with Gasteiger partial charge in [-0.2, -0.15) is 10.2 Å². The Morgan fingerprint density at radius 1 is 1.11 bits per heavy atom. The number of rotatable bonds is 7. The number of hydrogen-bond donors (Lipinski definition) is 1. The number of aromatic nitrogens is 4. The second-order valence-corrected chi connectivity index (χ2v) is 8.74. The summed E-state index contributed by atoms with van der Waals surface area (Å²) >= 11 is 0. The number of benzene rings is 2. The number of anilines is 1. The molecule has 0 atom stereocenters. The Balaban J connectivity index is 1.48. The first-order valence-corrected chi connectivity index (χ1v) is 12.0. The lowest BCUT2D eigenvalue weighted by molar-refractivity contribution is -0.143. The fourth-order valence-electron chi connectivity index (χ4n) is 4.73. The number of para-hydroxylation sites is 1. The van der Waals surface area contributed by atoms with Gasteiger partial charge < -0.3 is 15.3 Å². The van der Waals surface area contributed by atoms with Crippen molar-refractivity contribution in [3.63, 3.8) is 0 Å². The van der Waals surface area contributed by atoms with Gasteiger partial charge in [0.15, 0.2) is 5.82 Å². The monoisotopic (exact) mass is 494 g/mol. The zero-order chi connectivity index (χ0) is 25.2. The number of fused-ring (bicyclic) bond motifs is 1. The number of nitrogens with zero attached hydrogens (tertiary/aromatic N) is 5. The molecule has 10 heteroatoms. The van der Waals surface area contributed by atoms with Gasteiger partial charge in [0.05, 0.1) is 25.8 Å². The van der Waals surface area contributed by atoms with E-state index in [-0.39, 0.29) is 23.8 Å². The number of hydroxylamine groups is 2. The summed E-state index contributed by atoms with van der Waals surface area (Å²) in [5.41, 5.74) is 8.39. The molecule has 1 fully saturated rings. The standard InChI is InChI=1S/C26H28F2N6O2/c1-3-36-17-12-21(27)20(22(28)13-17)15-34-23-7-5-4-6-18(23)24(32-34)26-30-14-19(25(29)31-26)16-8-10-33(35-2)11-9-16/h4-7,12-14,16H,3,8-11,15H2,1-2H3,(H2,29,30,31). The lowest BCUT2D eigenvalue weighted by Gasteiger charge is -2.30. The maximum Gasteiger partial charge on any atom is 0.182 e. The van der Waals surface area contributed by atoms with Crippen molar-refractivity contribution in [2.24, 2.45) is 0 Å². The molecule has 1 aliphatic rings. The van der Waals surface area contributed by atoms with Crippen molar-refractivity contribution in [2.45, 2.75) is 32.2 Å². The SMILES string of the molecule is CCOc1cc(F)c(Cn2nc(-c3ncc(C4CCN(OC)CC4)c(N)n3)c3ccccc32)c(F)c1. The van der Waals surface area contributed by atoms with E-state index in [1.165, 1.54) is 12.1 Å². The van der Waals surface area contributed by atoms with Gasteiger partial charge in [-0.15, -0.1) is 0 Å². The molecule has 0 spiro atoms. The van der Waals surface area contributed by atoms with E-state index >= 15 is 0 Å². The Hall–Kier alpha value is -3.63. The van der Waals surface area contributed by atoms with Crippen LogP contribution < -0.4 is 10.5 Å². The molecule has 2 aromatic heterocycles. The van der Waals surface area contributed by atoms with Crippen LogP contribution >= 0.6 is 0 Å². The van der Waals surface area contributed by atoms with Crippen molar-refractivity contribution in [2.75, 3.05) is 32.5 Å². The van der Waals surface area contributed by atoms with E-state index in [1.54, 1.807) is 24.9 Å². The fourth-order valence-corrected chi connectivity index (χ4v) is 4.73. The molecular weight excluding hydrogens is 466 g/mol. The van der Waals surface area contributed by atoms with E-state index in [4.69, 9.17) is 15.3 Å². The van der Waals surface area contributed by atoms with Gasteiger partial charge >= 0.3 is 0 Å². The van der Waals surface area contributed by atoms with Gasteiger partial charge in [-0.25, -0.2) is 18.7 Å². The molecule has 0 bridgehead atoms. The average Bonchev–Trinajstić information content (AvgIpc) is 3.25. The van der Waals surface area contributed by atoms with Crippen molar-refractivity contribution < 1.29 is 18.4 Å². The van der Waals surface area contributed by atoms with E-state index in [0.29, 0.717) is 29.5 Å².